The van der Waals surface area contributed by atoms with Crippen LogP contribution < -0.4 is 5.32 Å². The second-order valence-corrected chi connectivity index (χ2v) is 5.21. The SMILES string of the molecule is C=C(/C=C(\C(C)=C/NC)C(C)C)c1ccccc1C. The number of hydrogen-bond acceptors (Lipinski definition) is 1. The molecular weight excluding hydrogens is 230 g/mol. The highest BCUT2D eigenvalue weighted by Crippen LogP contribution is 2.25. The maximum Gasteiger partial charge on any atom is 0.00278 e. The Morgan fingerprint density at radius 1 is 1.26 bits per heavy atom. The third-order valence-electron chi connectivity index (χ3n) is 3.26. The molecule has 0 aliphatic rings. The molecule has 0 spiro atoms. The molecule has 0 bridgehead atoms. The molecule has 19 heavy (non-hydrogen) atoms. The molecule has 0 atom stereocenters. The van der Waals surface area contributed by atoms with E-state index in [4.69, 9.17) is 0 Å². The van der Waals surface area contributed by atoms with E-state index in [1.165, 1.54) is 22.3 Å². The van der Waals surface area contributed by atoms with Crippen LogP contribution in [0, 0.1) is 12.8 Å². The quantitative estimate of drug-likeness (QED) is 0.751. The van der Waals surface area contributed by atoms with E-state index in [-0.39, 0.29) is 0 Å². The van der Waals surface area contributed by atoms with Gasteiger partial charge in [0.25, 0.3) is 0 Å². The molecule has 1 nitrogen and oxygen atoms in total. The van der Waals surface area contributed by atoms with E-state index in [9.17, 15) is 0 Å². The van der Waals surface area contributed by atoms with Crippen molar-refractivity contribution in [2.75, 3.05) is 7.05 Å². The zero-order valence-electron chi connectivity index (χ0n) is 12.7. The Balaban J connectivity index is 3.14. The largest absolute Gasteiger partial charge is 0.394 e. The highest BCUT2D eigenvalue weighted by molar-refractivity contribution is 5.75. The van der Waals surface area contributed by atoms with Crippen molar-refractivity contribution in [3.8, 4) is 0 Å². The van der Waals surface area contributed by atoms with Gasteiger partial charge in [0.05, 0.1) is 0 Å². The van der Waals surface area contributed by atoms with Crippen molar-refractivity contribution >= 4 is 5.57 Å². The fourth-order valence-electron chi connectivity index (χ4n) is 2.23. The van der Waals surface area contributed by atoms with Gasteiger partial charge in [-0.05, 0) is 53.8 Å². The van der Waals surface area contributed by atoms with Crippen LogP contribution in [-0.4, -0.2) is 7.05 Å². The zero-order chi connectivity index (χ0) is 14.4. The van der Waals surface area contributed by atoms with E-state index < -0.39 is 0 Å². The van der Waals surface area contributed by atoms with Crippen molar-refractivity contribution in [1.82, 2.24) is 5.32 Å². The van der Waals surface area contributed by atoms with Gasteiger partial charge in [0.1, 0.15) is 0 Å². The number of rotatable bonds is 5. The standard InChI is InChI=1S/C18H25N/c1-13(2)18(16(5)12-19-6)11-15(4)17-10-8-7-9-14(17)3/h7-13,19H,4H2,1-3,5-6H3/b16-12-,18-11-. The molecule has 0 radical (unpaired) electrons. The Bertz CT molecular complexity index is 504. The molecule has 1 N–H and O–H groups in total. The summed E-state index contributed by atoms with van der Waals surface area (Å²) in [5.74, 6) is 0.477. The van der Waals surface area contributed by atoms with E-state index in [1.54, 1.807) is 0 Å². The normalized spacial score (nSPS) is 12.7. The Hall–Kier alpha value is -1.76. The van der Waals surface area contributed by atoms with Crippen LogP contribution in [0.25, 0.3) is 5.57 Å². The molecule has 1 aromatic carbocycles. The summed E-state index contributed by atoms with van der Waals surface area (Å²) in [4.78, 5) is 0. The van der Waals surface area contributed by atoms with Crippen molar-refractivity contribution in [2.45, 2.75) is 27.7 Å². The maximum absolute atomic E-state index is 4.23. The summed E-state index contributed by atoms with van der Waals surface area (Å²) < 4.78 is 0. The fraction of sp³-hybridized carbons (Fsp3) is 0.333. The lowest BCUT2D eigenvalue weighted by Crippen LogP contribution is -2.02. The summed E-state index contributed by atoms with van der Waals surface area (Å²) in [7, 11) is 1.93. The number of benzene rings is 1. The molecule has 1 heteroatoms. The van der Waals surface area contributed by atoms with E-state index >= 15 is 0 Å². The summed E-state index contributed by atoms with van der Waals surface area (Å²) in [6.07, 6.45) is 4.24. The molecule has 0 heterocycles. The van der Waals surface area contributed by atoms with Crippen LogP contribution in [0.3, 0.4) is 0 Å². The monoisotopic (exact) mass is 255 g/mol. The Labute approximate surface area is 117 Å². The van der Waals surface area contributed by atoms with Crippen molar-refractivity contribution in [3.05, 3.63) is 65.4 Å². The van der Waals surface area contributed by atoms with Gasteiger partial charge >= 0.3 is 0 Å². The molecule has 0 aromatic heterocycles. The number of allylic oxidation sites excluding steroid dienone is 4. The lowest BCUT2D eigenvalue weighted by Gasteiger charge is -2.14. The van der Waals surface area contributed by atoms with E-state index in [1.807, 2.05) is 13.2 Å². The van der Waals surface area contributed by atoms with Gasteiger partial charge in [-0.3, -0.25) is 0 Å². The van der Waals surface area contributed by atoms with Gasteiger partial charge in [-0.25, -0.2) is 0 Å². The number of nitrogens with one attached hydrogen (secondary N) is 1. The maximum atomic E-state index is 4.23. The second kappa shape index (κ2) is 6.98. The third kappa shape index (κ3) is 4.13. The molecule has 1 rings (SSSR count). The minimum Gasteiger partial charge on any atom is -0.394 e. The van der Waals surface area contributed by atoms with Crippen molar-refractivity contribution in [2.24, 2.45) is 5.92 Å². The predicted octanol–water partition coefficient (Wildman–Crippen LogP) is 4.71. The summed E-state index contributed by atoms with van der Waals surface area (Å²) in [6.45, 7) is 12.9. The van der Waals surface area contributed by atoms with Crippen LogP contribution in [0.5, 0.6) is 0 Å². The van der Waals surface area contributed by atoms with Crippen LogP contribution in [0.1, 0.15) is 31.9 Å². The van der Waals surface area contributed by atoms with Crippen LogP contribution in [0.15, 0.2) is 54.3 Å². The van der Waals surface area contributed by atoms with Gasteiger partial charge in [-0.2, -0.15) is 0 Å². The van der Waals surface area contributed by atoms with Gasteiger partial charge in [0, 0.05) is 7.05 Å². The molecule has 0 fully saturated rings. The molecule has 0 saturated heterocycles. The lowest BCUT2D eigenvalue weighted by molar-refractivity contribution is 0.775. The Morgan fingerprint density at radius 3 is 2.42 bits per heavy atom. The van der Waals surface area contributed by atoms with Crippen molar-refractivity contribution in [3.63, 3.8) is 0 Å². The topological polar surface area (TPSA) is 12.0 Å². The molecular formula is C18H25N. The third-order valence-corrected chi connectivity index (χ3v) is 3.26. The summed E-state index contributed by atoms with van der Waals surface area (Å²) in [5, 5.41) is 3.09. The molecule has 0 aliphatic carbocycles. The average molecular weight is 255 g/mol. The Morgan fingerprint density at radius 2 is 1.89 bits per heavy atom. The first-order valence-corrected chi connectivity index (χ1v) is 6.78. The molecule has 0 amide bonds. The van der Waals surface area contributed by atoms with Gasteiger partial charge < -0.3 is 5.32 Å². The lowest BCUT2D eigenvalue weighted by atomic mass is 9.92. The number of hydrogen-bond donors (Lipinski definition) is 1. The van der Waals surface area contributed by atoms with Gasteiger partial charge in [0.15, 0.2) is 0 Å². The molecule has 102 valence electrons. The van der Waals surface area contributed by atoms with E-state index in [2.05, 4.69) is 69.9 Å². The summed E-state index contributed by atoms with van der Waals surface area (Å²) in [5.41, 5.74) is 6.14. The second-order valence-electron chi connectivity index (χ2n) is 5.21. The molecule has 0 saturated carbocycles. The first-order chi connectivity index (χ1) is 8.97. The minimum atomic E-state index is 0.477. The first kappa shape index (κ1) is 15.3. The molecule has 0 aliphatic heterocycles. The van der Waals surface area contributed by atoms with Crippen LogP contribution in [0.2, 0.25) is 0 Å². The zero-order valence-corrected chi connectivity index (χ0v) is 12.7. The Kier molecular flexibility index (Phi) is 5.62. The van der Waals surface area contributed by atoms with Gasteiger partial charge in [0.2, 0.25) is 0 Å². The number of aryl methyl sites for hydroxylation is 1. The fourth-order valence-corrected chi connectivity index (χ4v) is 2.23. The molecule has 1 aromatic rings. The highest BCUT2D eigenvalue weighted by Gasteiger charge is 2.08. The average Bonchev–Trinajstić information content (AvgIpc) is 2.36. The van der Waals surface area contributed by atoms with Crippen molar-refractivity contribution < 1.29 is 0 Å². The van der Waals surface area contributed by atoms with E-state index in [0.717, 1.165) is 5.57 Å². The minimum absolute atomic E-state index is 0.477. The van der Waals surface area contributed by atoms with Crippen LogP contribution in [0.4, 0.5) is 0 Å². The van der Waals surface area contributed by atoms with Crippen molar-refractivity contribution in [1.29, 1.82) is 0 Å². The molecule has 0 unspecified atom stereocenters. The first-order valence-electron chi connectivity index (χ1n) is 6.78. The van der Waals surface area contributed by atoms with Gasteiger partial charge in [-0.1, -0.05) is 50.8 Å². The summed E-state index contributed by atoms with van der Waals surface area (Å²) >= 11 is 0. The predicted molar refractivity (Wildman–Crippen MR) is 86.0 cm³/mol. The smallest absolute Gasteiger partial charge is 0.00278 e. The van der Waals surface area contributed by atoms with Crippen LogP contribution in [-0.2, 0) is 0 Å². The van der Waals surface area contributed by atoms with E-state index in [0.29, 0.717) is 5.92 Å². The summed E-state index contributed by atoms with van der Waals surface area (Å²) in [6, 6.07) is 8.38. The highest BCUT2D eigenvalue weighted by atomic mass is 14.8. The van der Waals surface area contributed by atoms with Gasteiger partial charge in [-0.15, -0.1) is 0 Å². The van der Waals surface area contributed by atoms with Crippen LogP contribution >= 0.6 is 0 Å².